The normalized spacial score (nSPS) is 12.3. The fourth-order valence-electron chi connectivity index (χ4n) is 3.24. The number of nitrogens with one attached hydrogen (secondary N) is 1. The number of sulfonamides is 1. The van der Waals surface area contributed by atoms with Crippen LogP contribution in [0.5, 0.6) is 0 Å². The van der Waals surface area contributed by atoms with Crippen LogP contribution in [0.1, 0.15) is 10.4 Å². The largest absolute Gasteiger partial charge is 0.452 e. The molecule has 1 aliphatic rings. The smallest absolute Gasteiger partial charge is 0.338 e. The molecule has 1 heterocycles. The number of carbonyl (C=O) groups is 2. The Hall–Kier alpha value is -3.58. The SMILES string of the molecule is C#CCNS(=O)(=O)c1ccc(C(=O)OCC(=O)N2c3ccccc3Sc3ccccc32)cc1. The minimum absolute atomic E-state index is 0.0376. The molecule has 1 aliphatic heterocycles. The fraction of sp³-hybridized carbons (Fsp3) is 0.0833. The van der Waals surface area contributed by atoms with Crippen molar-refractivity contribution < 1.29 is 22.7 Å². The lowest BCUT2D eigenvalue weighted by molar-refractivity contribution is -0.121. The Bertz CT molecular complexity index is 1320. The minimum atomic E-state index is -3.77. The van der Waals surface area contributed by atoms with Crippen LogP contribution in [0.4, 0.5) is 11.4 Å². The van der Waals surface area contributed by atoms with Gasteiger partial charge in [-0.25, -0.2) is 13.2 Å². The van der Waals surface area contributed by atoms with E-state index in [4.69, 9.17) is 11.2 Å². The third kappa shape index (κ3) is 4.78. The quantitative estimate of drug-likeness (QED) is 0.430. The van der Waals surface area contributed by atoms with E-state index in [0.29, 0.717) is 0 Å². The number of benzene rings is 3. The summed E-state index contributed by atoms with van der Waals surface area (Å²) in [6, 6.07) is 20.2. The van der Waals surface area contributed by atoms with Crippen molar-refractivity contribution in [3.63, 3.8) is 0 Å². The van der Waals surface area contributed by atoms with E-state index >= 15 is 0 Å². The maximum atomic E-state index is 13.1. The number of nitrogens with zero attached hydrogens (tertiary/aromatic N) is 1. The van der Waals surface area contributed by atoms with Gasteiger partial charge in [0.15, 0.2) is 6.61 Å². The van der Waals surface area contributed by atoms with Crippen molar-refractivity contribution in [2.75, 3.05) is 18.1 Å². The molecule has 0 unspecified atom stereocenters. The first-order chi connectivity index (χ1) is 15.9. The monoisotopic (exact) mass is 478 g/mol. The van der Waals surface area contributed by atoms with Gasteiger partial charge in [0.05, 0.1) is 28.4 Å². The molecule has 0 bridgehead atoms. The van der Waals surface area contributed by atoms with E-state index in [9.17, 15) is 18.0 Å². The summed E-state index contributed by atoms with van der Waals surface area (Å²) in [6.45, 7) is -0.620. The molecule has 1 amide bonds. The number of rotatable bonds is 6. The number of fused-ring (bicyclic) bond motifs is 2. The summed E-state index contributed by atoms with van der Waals surface area (Å²) in [4.78, 5) is 28.9. The van der Waals surface area contributed by atoms with Crippen molar-refractivity contribution in [3.05, 3.63) is 78.4 Å². The highest BCUT2D eigenvalue weighted by Crippen LogP contribution is 2.47. The molecule has 0 saturated heterocycles. The zero-order valence-electron chi connectivity index (χ0n) is 17.2. The van der Waals surface area contributed by atoms with Crippen LogP contribution >= 0.6 is 11.8 Å². The van der Waals surface area contributed by atoms with Gasteiger partial charge in [-0.1, -0.05) is 41.9 Å². The van der Waals surface area contributed by atoms with Gasteiger partial charge in [0.25, 0.3) is 5.91 Å². The topological polar surface area (TPSA) is 92.8 Å². The third-order valence-corrected chi connectivity index (χ3v) is 7.32. The second kappa shape index (κ2) is 9.50. The van der Waals surface area contributed by atoms with Crippen LogP contribution in [0.3, 0.4) is 0 Å². The number of amides is 1. The molecular weight excluding hydrogens is 460 g/mol. The van der Waals surface area contributed by atoms with Crippen molar-refractivity contribution in [2.45, 2.75) is 14.7 Å². The minimum Gasteiger partial charge on any atom is -0.452 e. The predicted octanol–water partition coefficient (Wildman–Crippen LogP) is 3.58. The van der Waals surface area contributed by atoms with E-state index in [1.54, 1.807) is 16.7 Å². The zero-order valence-corrected chi connectivity index (χ0v) is 18.9. The Labute approximate surface area is 195 Å². The number of esters is 1. The van der Waals surface area contributed by atoms with Gasteiger partial charge >= 0.3 is 5.97 Å². The van der Waals surface area contributed by atoms with Crippen molar-refractivity contribution >= 4 is 45.0 Å². The molecule has 166 valence electrons. The van der Waals surface area contributed by atoms with Crippen molar-refractivity contribution in [1.82, 2.24) is 4.72 Å². The number of carbonyl (C=O) groups excluding carboxylic acids is 2. The molecule has 0 aromatic heterocycles. The maximum Gasteiger partial charge on any atom is 0.338 e. The lowest BCUT2D eigenvalue weighted by Crippen LogP contribution is -2.32. The van der Waals surface area contributed by atoms with E-state index in [-0.39, 0.29) is 17.0 Å². The molecule has 0 atom stereocenters. The van der Waals surface area contributed by atoms with Gasteiger partial charge in [-0.2, -0.15) is 4.72 Å². The Kier molecular flexibility index (Phi) is 6.51. The number of terminal acetylenes is 1. The molecule has 1 N–H and O–H groups in total. The van der Waals surface area contributed by atoms with Crippen LogP contribution in [0.15, 0.2) is 87.5 Å². The summed E-state index contributed by atoms with van der Waals surface area (Å²) in [6.07, 6.45) is 5.07. The molecule has 3 aromatic rings. The van der Waals surface area contributed by atoms with E-state index in [1.807, 2.05) is 48.5 Å². The fourth-order valence-corrected chi connectivity index (χ4v) is 5.23. The van der Waals surface area contributed by atoms with Crippen molar-refractivity contribution in [1.29, 1.82) is 0 Å². The first-order valence-corrected chi connectivity index (χ1v) is 12.1. The molecule has 0 spiro atoms. The first kappa shape index (κ1) is 22.6. The molecule has 0 saturated carbocycles. The van der Waals surface area contributed by atoms with Gasteiger partial charge in [0.1, 0.15) is 0 Å². The lowest BCUT2D eigenvalue weighted by atomic mass is 10.2. The molecule has 33 heavy (non-hydrogen) atoms. The number of ether oxygens (including phenoxy) is 1. The van der Waals surface area contributed by atoms with E-state index < -0.39 is 28.5 Å². The van der Waals surface area contributed by atoms with E-state index in [2.05, 4.69) is 10.6 Å². The van der Waals surface area contributed by atoms with Gasteiger partial charge in [-0.05, 0) is 48.5 Å². The van der Waals surface area contributed by atoms with Crippen molar-refractivity contribution in [3.8, 4) is 12.3 Å². The first-order valence-electron chi connectivity index (χ1n) is 9.80. The molecule has 9 heteroatoms. The molecule has 0 fully saturated rings. The van der Waals surface area contributed by atoms with Crippen LogP contribution in [-0.2, 0) is 19.6 Å². The van der Waals surface area contributed by atoms with E-state index in [0.717, 1.165) is 21.2 Å². The molecule has 7 nitrogen and oxygen atoms in total. The molecular formula is C24H18N2O5S2. The summed E-state index contributed by atoms with van der Waals surface area (Å²) in [5, 5.41) is 0. The summed E-state index contributed by atoms with van der Waals surface area (Å²) < 4.78 is 31.6. The highest BCUT2D eigenvalue weighted by Gasteiger charge is 2.28. The second-order valence-electron chi connectivity index (χ2n) is 6.90. The van der Waals surface area contributed by atoms with Gasteiger partial charge < -0.3 is 4.74 Å². The highest BCUT2D eigenvalue weighted by atomic mass is 32.2. The van der Waals surface area contributed by atoms with Gasteiger partial charge in [-0.15, -0.1) is 6.42 Å². The molecule has 0 radical (unpaired) electrons. The number of anilines is 2. The molecule has 4 rings (SSSR count). The van der Waals surface area contributed by atoms with Gasteiger partial charge in [0, 0.05) is 9.79 Å². The Balaban J connectivity index is 1.48. The summed E-state index contributed by atoms with van der Waals surface area (Å²) in [5.41, 5.74) is 1.56. The predicted molar refractivity (Wildman–Crippen MR) is 125 cm³/mol. The average Bonchev–Trinajstić information content (AvgIpc) is 2.84. The lowest BCUT2D eigenvalue weighted by Gasteiger charge is -2.30. The number of para-hydroxylation sites is 2. The second-order valence-corrected chi connectivity index (χ2v) is 9.75. The van der Waals surface area contributed by atoms with Gasteiger partial charge in [-0.3, -0.25) is 9.69 Å². The van der Waals surface area contributed by atoms with Crippen LogP contribution < -0.4 is 9.62 Å². The van der Waals surface area contributed by atoms with E-state index in [1.165, 1.54) is 24.3 Å². The summed E-state index contributed by atoms with van der Waals surface area (Å²) in [5.74, 6) is 1.05. The van der Waals surface area contributed by atoms with Gasteiger partial charge in [0.2, 0.25) is 10.0 Å². The van der Waals surface area contributed by atoms with Crippen LogP contribution in [0, 0.1) is 12.3 Å². The summed E-state index contributed by atoms with van der Waals surface area (Å²) in [7, 11) is -3.77. The average molecular weight is 479 g/mol. The Morgan fingerprint density at radius 2 is 1.52 bits per heavy atom. The maximum absolute atomic E-state index is 13.1. The Morgan fingerprint density at radius 1 is 0.939 bits per heavy atom. The van der Waals surface area contributed by atoms with Crippen LogP contribution in [-0.4, -0.2) is 33.4 Å². The Morgan fingerprint density at radius 3 is 2.09 bits per heavy atom. The summed E-state index contributed by atoms with van der Waals surface area (Å²) >= 11 is 1.57. The number of hydrogen-bond acceptors (Lipinski definition) is 6. The van der Waals surface area contributed by atoms with Crippen molar-refractivity contribution in [2.24, 2.45) is 0 Å². The highest BCUT2D eigenvalue weighted by molar-refractivity contribution is 7.99. The molecule has 0 aliphatic carbocycles. The third-order valence-electron chi connectivity index (χ3n) is 4.77. The van der Waals surface area contributed by atoms with Crippen LogP contribution in [0.25, 0.3) is 0 Å². The molecule has 3 aromatic carbocycles. The number of hydrogen-bond donors (Lipinski definition) is 1. The van der Waals surface area contributed by atoms with Crippen LogP contribution in [0.2, 0.25) is 0 Å². The zero-order chi connectivity index (χ0) is 23.4. The standard InChI is InChI=1S/C24H18N2O5S2/c1-2-15-25-33(29,30)18-13-11-17(12-14-18)24(28)31-16-23(27)26-19-7-3-5-9-21(19)32-22-10-6-4-8-20(22)26/h1,3-14,25H,15-16H2.